The molecule has 2 unspecified atom stereocenters. The van der Waals surface area contributed by atoms with Gasteiger partial charge in [0.05, 0.1) is 0 Å². The van der Waals surface area contributed by atoms with E-state index < -0.39 is 11.5 Å². The Hall–Kier alpha value is -1.10. The van der Waals surface area contributed by atoms with Crippen molar-refractivity contribution in [2.75, 3.05) is 6.54 Å². The molecule has 2 atom stereocenters. The molecule has 0 aromatic heterocycles. The molecule has 0 spiro atoms. The van der Waals surface area contributed by atoms with Gasteiger partial charge in [0.2, 0.25) is 5.91 Å². The molecule has 18 heavy (non-hydrogen) atoms. The van der Waals surface area contributed by atoms with Crippen molar-refractivity contribution in [2.45, 2.75) is 51.5 Å². The largest absolute Gasteiger partial charge is 0.481 e. The van der Waals surface area contributed by atoms with Gasteiger partial charge in [-0.2, -0.15) is 0 Å². The maximum Gasteiger partial charge on any atom is 0.303 e. The Balaban J connectivity index is 2.49. The molecular formula is C13H24N2O3. The Kier molecular flexibility index (Phi) is 5.14. The number of nitrogens with one attached hydrogen (secondary N) is 1. The lowest BCUT2D eigenvalue weighted by atomic mass is 9.92. The van der Waals surface area contributed by atoms with Crippen LogP contribution in [0.2, 0.25) is 0 Å². The zero-order chi connectivity index (χ0) is 13.8. The second kappa shape index (κ2) is 6.18. The van der Waals surface area contributed by atoms with E-state index in [1.165, 1.54) is 0 Å². The van der Waals surface area contributed by atoms with E-state index in [2.05, 4.69) is 5.32 Å². The molecule has 0 aliphatic heterocycles. The van der Waals surface area contributed by atoms with Gasteiger partial charge in [0.25, 0.3) is 0 Å². The number of amides is 1. The minimum atomic E-state index is -0.835. The molecule has 4 N–H and O–H groups in total. The van der Waals surface area contributed by atoms with Crippen LogP contribution in [0.5, 0.6) is 0 Å². The molecule has 0 aromatic carbocycles. The third-order valence-corrected chi connectivity index (χ3v) is 3.72. The smallest absolute Gasteiger partial charge is 0.303 e. The maximum atomic E-state index is 12.2. The lowest BCUT2D eigenvalue weighted by Crippen LogP contribution is -2.47. The lowest BCUT2D eigenvalue weighted by molar-refractivity contribution is -0.138. The first-order valence-corrected chi connectivity index (χ1v) is 6.59. The second-order valence-electron chi connectivity index (χ2n) is 5.80. The van der Waals surface area contributed by atoms with Crippen molar-refractivity contribution >= 4 is 11.9 Å². The molecule has 5 heteroatoms. The summed E-state index contributed by atoms with van der Waals surface area (Å²) in [6.45, 7) is 4.27. The highest BCUT2D eigenvalue weighted by Crippen LogP contribution is 2.31. The summed E-state index contributed by atoms with van der Waals surface area (Å²) < 4.78 is 0. The molecule has 1 rings (SSSR count). The van der Waals surface area contributed by atoms with Crippen molar-refractivity contribution < 1.29 is 14.7 Å². The van der Waals surface area contributed by atoms with Crippen LogP contribution < -0.4 is 11.1 Å². The van der Waals surface area contributed by atoms with E-state index in [1.807, 2.05) is 13.8 Å². The van der Waals surface area contributed by atoms with Crippen LogP contribution in [-0.2, 0) is 9.59 Å². The van der Waals surface area contributed by atoms with Crippen LogP contribution in [0.15, 0.2) is 0 Å². The molecule has 104 valence electrons. The number of carboxylic acid groups (broad SMARTS) is 1. The van der Waals surface area contributed by atoms with Crippen molar-refractivity contribution in [3.63, 3.8) is 0 Å². The van der Waals surface area contributed by atoms with Crippen LogP contribution >= 0.6 is 0 Å². The van der Waals surface area contributed by atoms with Crippen LogP contribution in [0.1, 0.15) is 46.0 Å². The molecule has 1 saturated carbocycles. The van der Waals surface area contributed by atoms with Crippen LogP contribution in [0.3, 0.4) is 0 Å². The standard InChI is InChI=1S/C13H24N2O3/c1-13(2,7-6-11(16)17)15-12(18)10-5-3-4-9(10)8-14/h9-10H,3-8,14H2,1-2H3,(H,15,18)(H,16,17). The van der Waals surface area contributed by atoms with Crippen molar-refractivity contribution in [3.8, 4) is 0 Å². The third kappa shape index (κ3) is 4.29. The lowest BCUT2D eigenvalue weighted by Gasteiger charge is -2.28. The van der Waals surface area contributed by atoms with E-state index in [0.717, 1.165) is 19.3 Å². The summed E-state index contributed by atoms with van der Waals surface area (Å²) in [5, 5.41) is 11.6. The molecule has 1 amide bonds. The number of rotatable bonds is 6. The number of hydrogen-bond donors (Lipinski definition) is 3. The van der Waals surface area contributed by atoms with E-state index in [0.29, 0.717) is 13.0 Å². The Labute approximate surface area is 108 Å². The van der Waals surface area contributed by atoms with Crippen molar-refractivity contribution in [1.29, 1.82) is 0 Å². The molecular weight excluding hydrogens is 232 g/mol. The van der Waals surface area contributed by atoms with Gasteiger partial charge in [-0.3, -0.25) is 9.59 Å². The summed E-state index contributed by atoms with van der Waals surface area (Å²) in [6.07, 6.45) is 3.47. The minimum absolute atomic E-state index is 0.000830. The topological polar surface area (TPSA) is 92.4 Å². The molecule has 0 heterocycles. The Morgan fingerprint density at radius 1 is 1.39 bits per heavy atom. The highest BCUT2D eigenvalue weighted by Gasteiger charge is 2.34. The highest BCUT2D eigenvalue weighted by atomic mass is 16.4. The number of hydrogen-bond acceptors (Lipinski definition) is 3. The van der Waals surface area contributed by atoms with Gasteiger partial charge in [-0.1, -0.05) is 6.42 Å². The molecule has 0 radical (unpaired) electrons. The third-order valence-electron chi connectivity index (χ3n) is 3.72. The first-order valence-electron chi connectivity index (χ1n) is 6.59. The maximum absolute atomic E-state index is 12.2. The molecule has 5 nitrogen and oxygen atoms in total. The zero-order valence-electron chi connectivity index (χ0n) is 11.2. The van der Waals surface area contributed by atoms with Gasteiger partial charge in [-0.15, -0.1) is 0 Å². The number of aliphatic carboxylic acids is 1. The number of carbonyl (C=O) groups is 2. The normalized spacial score (nSPS) is 23.9. The van der Waals surface area contributed by atoms with Crippen molar-refractivity contribution in [1.82, 2.24) is 5.32 Å². The van der Waals surface area contributed by atoms with E-state index >= 15 is 0 Å². The predicted molar refractivity (Wildman–Crippen MR) is 69.0 cm³/mol. The summed E-state index contributed by atoms with van der Waals surface area (Å²) >= 11 is 0. The van der Waals surface area contributed by atoms with E-state index in [9.17, 15) is 9.59 Å². The summed E-state index contributed by atoms with van der Waals surface area (Å²) in [5.74, 6) is -0.532. The summed E-state index contributed by atoms with van der Waals surface area (Å²) in [6, 6.07) is 0. The number of carboxylic acids is 1. The molecule has 1 aliphatic rings. The van der Waals surface area contributed by atoms with Crippen LogP contribution in [0.4, 0.5) is 0 Å². The van der Waals surface area contributed by atoms with Crippen LogP contribution in [0, 0.1) is 11.8 Å². The highest BCUT2D eigenvalue weighted by molar-refractivity contribution is 5.80. The van der Waals surface area contributed by atoms with Gasteiger partial charge >= 0.3 is 5.97 Å². The summed E-state index contributed by atoms with van der Waals surface area (Å²) in [4.78, 5) is 22.7. The van der Waals surface area contributed by atoms with Crippen molar-refractivity contribution in [2.24, 2.45) is 17.6 Å². The first-order chi connectivity index (χ1) is 8.35. The fraction of sp³-hybridized carbons (Fsp3) is 0.846. The first kappa shape index (κ1) is 15.0. The average Bonchev–Trinajstić information content (AvgIpc) is 2.74. The van der Waals surface area contributed by atoms with Crippen molar-refractivity contribution in [3.05, 3.63) is 0 Å². The fourth-order valence-electron chi connectivity index (χ4n) is 2.57. The van der Waals surface area contributed by atoms with Gasteiger partial charge in [0.15, 0.2) is 0 Å². The summed E-state index contributed by atoms with van der Waals surface area (Å²) in [7, 11) is 0. The number of carbonyl (C=O) groups excluding carboxylic acids is 1. The molecule has 0 saturated heterocycles. The van der Waals surface area contributed by atoms with E-state index in [4.69, 9.17) is 10.8 Å². The fourth-order valence-corrected chi connectivity index (χ4v) is 2.57. The van der Waals surface area contributed by atoms with E-state index in [-0.39, 0.29) is 24.2 Å². The van der Waals surface area contributed by atoms with Gasteiger partial charge in [0, 0.05) is 17.9 Å². The number of nitrogens with two attached hydrogens (primary N) is 1. The van der Waals surface area contributed by atoms with Crippen LogP contribution in [0.25, 0.3) is 0 Å². The molecule has 1 fully saturated rings. The Morgan fingerprint density at radius 3 is 2.61 bits per heavy atom. The second-order valence-corrected chi connectivity index (χ2v) is 5.80. The SMILES string of the molecule is CC(C)(CCC(=O)O)NC(=O)C1CCCC1CN. The Morgan fingerprint density at radius 2 is 2.06 bits per heavy atom. The van der Waals surface area contributed by atoms with E-state index in [1.54, 1.807) is 0 Å². The Bertz CT molecular complexity index is 315. The average molecular weight is 256 g/mol. The molecule has 0 bridgehead atoms. The van der Waals surface area contributed by atoms with Gasteiger partial charge in [-0.25, -0.2) is 0 Å². The zero-order valence-corrected chi connectivity index (χ0v) is 11.2. The van der Waals surface area contributed by atoms with Gasteiger partial charge in [0.1, 0.15) is 0 Å². The minimum Gasteiger partial charge on any atom is -0.481 e. The molecule has 1 aliphatic carbocycles. The quantitative estimate of drug-likeness (QED) is 0.664. The predicted octanol–water partition coefficient (Wildman–Crippen LogP) is 1.12. The van der Waals surface area contributed by atoms with Gasteiger partial charge < -0.3 is 16.2 Å². The monoisotopic (exact) mass is 256 g/mol. The van der Waals surface area contributed by atoms with Crippen LogP contribution in [-0.4, -0.2) is 29.1 Å². The van der Waals surface area contributed by atoms with Gasteiger partial charge in [-0.05, 0) is 45.6 Å². The molecule has 0 aromatic rings. The summed E-state index contributed by atoms with van der Waals surface area (Å²) in [5.41, 5.74) is 5.19.